The first-order valence-electron chi connectivity index (χ1n) is 10.3. The molecule has 2 aliphatic rings. The van der Waals surface area contributed by atoms with E-state index in [2.05, 4.69) is 5.32 Å². The lowest BCUT2D eigenvalue weighted by Crippen LogP contribution is -2.40. The van der Waals surface area contributed by atoms with E-state index in [1.165, 1.54) is 12.1 Å². The van der Waals surface area contributed by atoms with Crippen LogP contribution >= 0.6 is 0 Å². The predicted octanol–water partition coefficient (Wildman–Crippen LogP) is 2.69. The number of carbonyl (C=O) groups excluding carboxylic acids is 2. The van der Waals surface area contributed by atoms with Crippen LogP contribution in [0.25, 0.3) is 0 Å². The molecule has 0 atom stereocenters. The molecule has 162 valence electrons. The molecule has 2 aromatic rings. The predicted molar refractivity (Wildman–Crippen MR) is 113 cm³/mol. The number of carboxylic acid groups (broad SMARTS) is 1. The molecule has 0 bridgehead atoms. The monoisotopic (exact) mass is 424 g/mol. The standard InChI is InChI=1S/C23H24N2O6/c26-21(24-18-3-1-2-17(12-18)23(28)29)14-25-8-6-15(7-9-25)22(27)16-4-5-19-20(13-16)31-11-10-30-19/h1-5,12-13,15H,6-11,14H2,(H,24,26)(H,28,29). The lowest BCUT2D eigenvalue weighted by Gasteiger charge is -2.30. The fraction of sp³-hybridized carbons (Fsp3) is 0.348. The van der Waals surface area contributed by atoms with Gasteiger partial charge in [-0.3, -0.25) is 14.5 Å². The number of rotatable bonds is 6. The van der Waals surface area contributed by atoms with E-state index in [1.54, 1.807) is 30.3 Å². The van der Waals surface area contributed by atoms with Crippen LogP contribution in [0.15, 0.2) is 42.5 Å². The average Bonchev–Trinajstić information content (AvgIpc) is 2.79. The Morgan fingerprint density at radius 2 is 1.71 bits per heavy atom. The lowest BCUT2D eigenvalue weighted by molar-refractivity contribution is -0.117. The summed E-state index contributed by atoms with van der Waals surface area (Å²) < 4.78 is 11.1. The summed E-state index contributed by atoms with van der Waals surface area (Å²) in [7, 11) is 0. The van der Waals surface area contributed by atoms with Crippen LogP contribution in [0.4, 0.5) is 5.69 Å². The van der Waals surface area contributed by atoms with Crippen molar-refractivity contribution in [2.75, 3.05) is 38.2 Å². The Balaban J connectivity index is 1.28. The number of nitrogens with one attached hydrogen (secondary N) is 1. The van der Waals surface area contributed by atoms with Gasteiger partial charge in [0.05, 0.1) is 12.1 Å². The molecule has 2 aliphatic heterocycles. The summed E-state index contributed by atoms with van der Waals surface area (Å²) in [5.41, 5.74) is 1.20. The first-order valence-corrected chi connectivity index (χ1v) is 10.3. The summed E-state index contributed by atoms with van der Waals surface area (Å²) in [5.74, 6) is 0.0244. The molecule has 1 amide bonds. The van der Waals surface area contributed by atoms with Crippen LogP contribution in [0.1, 0.15) is 33.6 Å². The number of likely N-dealkylation sites (tertiary alicyclic amines) is 1. The summed E-state index contributed by atoms with van der Waals surface area (Å²) in [4.78, 5) is 38.3. The van der Waals surface area contributed by atoms with E-state index in [9.17, 15) is 14.4 Å². The number of fused-ring (bicyclic) bond motifs is 1. The topological polar surface area (TPSA) is 105 Å². The van der Waals surface area contributed by atoms with Gasteiger partial charge in [-0.15, -0.1) is 0 Å². The summed E-state index contributed by atoms with van der Waals surface area (Å²) >= 11 is 0. The van der Waals surface area contributed by atoms with Crippen molar-refractivity contribution in [3.05, 3.63) is 53.6 Å². The Bertz CT molecular complexity index is 997. The molecule has 0 saturated carbocycles. The highest BCUT2D eigenvalue weighted by Gasteiger charge is 2.27. The number of piperidine rings is 1. The first-order chi connectivity index (χ1) is 15.0. The van der Waals surface area contributed by atoms with Crippen LogP contribution in [0.2, 0.25) is 0 Å². The molecule has 2 aromatic carbocycles. The van der Waals surface area contributed by atoms with Crippen LogP contribution in [0, 0.1) is 5.92 Å². The summed E-state index contributed by atoms with van der Waals surface area (Å²) in [6, 6.07) is 11.5. The van der Waals surface area contributed by atoms with Gasteiger partial charge in [0.25, 0.3) is 0 Å². The summed E-state index contributed by atoms with van der Waals surface area (Å²) in [5, 5.41) is 11.8. The number of hydrogen-bond acceptors (Lipinski definition) is 6. The molecule has 4 rings (SSSR count). The van der Waals surface area contributed by atoms with Crippen LogP contribution in [0.5, 0.6) is 11.5 Å². The van der Waals surface area contributed by atoms with Gasteiger partial charge < -0.3 is 19.9 Å². The van der Waals surface area contributed by atoms with Gasteiger partial charge in [0.2, 0.25) is 5.91 Å². The molecule has 0 aliphatic carbocycles. The number of carbonyl (C=O) groups is 3. The third kappa shape index (κ3) is 5.03. The van der Waals surface area contributed by atoms with Gasteiger partial charge >= 0.3 is 5.97 Å². The largest absolute Gasteiger partial charge is 0.486 e. The summed E-state index contributed by atoms with van der Waals surface area (Å²) in [6.07, 6.45) is 1.35. The number of ketones is 1. The second-order valence-electron chi connectivity index (χ2n) is 7.71. The molecule has 2 heterocycles. The SMILES string of the molecule is O=C(CN1CCC(C(=O)c2ccc3c(c2)OCCO3)CC1)Nc1cccc(C(=O)O)c1. The molecule has 0 aromatic heterocycles. The van der Waals surface area contributed by atoms with Crippen molar-refractivity contribution in [3.8, 4) is 11.5 Å². The molecule has 8 nitrogen and oxygen atoms in total. The molecular weight excluding hydrogens is 400 g/mol. The maximum absolute atomic E-state index is 12.9. The third-order valence-electron chi connectivity index (χ3n) is 5.55. The highest BCUT2D eigenvalue weighted by Crippen LogP contribution is 2.32. The van der Waals surface area contributed by atoms with Crippen LogP contribution in [0.3, 0.4) is 0 Å². The van der Waals surface area contributed by atoms with Crippen molar-refractivity contribution in [1.29, 1.82) is 0 Å². The molecule has 0 unspecified atom stereocenters. The number of benzene rings is 2. The minimum atomic E-state index is -1.04. The molecule has 0 spiro atoms. The van der Waals surface area contributed by atoms with E-state index in [0.717, 1.165) is 0 Å². The average molecular weight is 424 g/mol. The maximum Gasteiger partial charge on any atom is 0.335 e. The Morgan fingerprint density at radius 1 is 0.968 bits per heavy atom. The molecular formula is C23H24N2O6. The maximum atomic E-state index is 12.9. The van der Waals surface area contributed by atoms with Crippen molar-refractivity contribution in [3.63, 3.8) is 0 Å². The van der Waals surface area contributed by atoms with Gasteiger partial charge in [-0.25, -0.2) is 4.79 Å². The van der Waals surface area contributed by atoms with Gasteiger partial charge in [0, 0.05) is 17.2 Å². The van der Waals surface area contributed by atoms with E-state index in [-0.39, 0.29) is 29.7 Å². The van der Waals surface area contributed by atoms with Crippen molar-refractivity contribution in [1.82, 2.24) is 4.90 Å². The number of amides is 1. The van der Waals surface area contributed by atoms with E-state index in [4.69, 9.17) is 14.6 Å². The second kappa shape index (κ2) is 9.18. The molecule has 1 fully saturated rings. The molecule has 0 radical (unpaired) electrons. The number of carboxylic acids is 1. The Kier molecular flexibility index (Phi) is 6.18. The second-order valence-corrected chi connectivity index (χ2v) is 7.71. The zero-order valence-corrected chi connectivity index (χ0v) is 17.0. The number of anilines is 1. The van der Waals surface area contributed by atoms with Crippen molar-refractivity contribution < 1.29 is 29.0 Å². The number of nitrogens with zero attached hydrogens (tertiary/aromatic N) is 1. The molecule has 31 heavy (non-hydrogen) atoms. The van der Waals surface area contributed by atoms with Crippen molar-refractivity contribution >= 4 is 23.3 Å². The number of ether oxygens (including phenoxy) is 2. The lowest BCUT2D eigenvalue weighted by atomic mass is 9.88. The van der Waals surface area contributed by atoms with Gasteiger partial charge in [0.15, 0.2) is 17.3 Å². The fourth-order valence-corrected chi connectivity index (χ4v) is 3.92. The van der Waals surface area contributed by atoms with Crippen LogP contribution < -0.4 is 14.8 Å². The minimum absolute atomic E-state index is 0.0888. The van der Waals surface area contributed by atoms with E-state index in [1.807, 2.05) is 4.90 Å². The van der Waals surface area contributed by atoms with Gasteiger partial charge in [-0.05, 0) is 62.3 Å². The first kappa shape index (κ1) is 20.9. The Labute approximate surface area is 179 Å². The molecule has 2 N–H and O–H groups in total. The van der Waals surface area contributed by atoms with Crippen LogP contribution in [-0.2, 0) is 4.79 Å². The zero-order chi connectivity index (χ0) is 21.8. The zero-order valence-electron chi connectivity index (χ0n) is 17.0. The van der Waals surface area contributed by atoms with Gasteiger partial charge in [-0.1, -0.05) is 6.07 Å². The van der Waals surface area contributed by atoms with E-state index >= 15 is 0 Å². The van der Waals surface area contributed by atoms with Crippen LogP contribution in [-0.4, -0.2) is 60.5 Å². The highest BCUT2D eigenvalue weighted by molar-refractivity contribution is 5.98. The number of Topliss-reactive ketones (excluding diaryl/α,β-unsaturated/α-hetero) is 1. The summed E-state index contributed by atoms with van der Waals surface area (Å²) in [6.45, 7) is 2.47. The van der Waals surface area contributed by atoms with Crippen molar-refractivity contribution in [2.45, 2.75) is 12.8 Å². The Hall–Kier alpha value is -3.39. The molecule has 1 saturated heterocycles. The van der Waals surface area contributed by atoms with E-state index < -0.39 is 5.97 Å². The van der Waals surface area contributed by atoms with Gasteiger partial charge in [-0.2, -0.15) is 0 Å². The number of hydrogen-bond donors (Lipinski definition) is 2. The molecule has 8 heteroatoms. The van der Waals surface area contributed by atoms with Crippen molar-refractivity contribution in [2.24, 2.45) is 5.92 Å². The minimum Gasteiger partial charge on any atom is -0.486 e. The Morgan fingerprint density at radius 3 is 2.45 bits per heavy atom. The smallest absolute Gasteiger partial charge is 0.335 e. The highest BCUT2D eigenvalue weighted by atomic mass is 16.6. The third-order valence-corrected chi connectivity index (χ3v) is 5.55. The van der Waals surface area contributed by atoms with E-state index in [0.29, 0.717) is 61.9 Å². The number of aromatic carboxylic acids is 1. The quantitative estimate of drug-likeness (QED) is 0.687. The van der Waals surface area contributed by atoms with Gasteiger partial charge in [0.1, 0.15) is 13.2 Å². The normalized spacial score (nSPS) is 16.5. The fourth-order valence-electron chi connectivity index (χ4n) is 3.92.